The molecule has 0 aliphatic heterocycles. The number of aromatic nitrogens is 1. The van der Waals surface area contributed by atoms with E-state index in [0.29, 0.717) is 6.54 Å². The molecule has 1 heterocycles. The number of rotatable bonds is 8. The van der Waals surface area contributed by atoms with Crippen LogP contribution in [0.3, 0.4) is 0 Å². The first-order valence-corrected chi connectivity index (χ1v) is 8.81. The number of nitrogens with one attached hydrogen (secondary N) is 3. The molecule has 0 aliphatic rings. The molecule has 0 bridgehead atoms. The Morgan fingerprint density at radius 1 is 1.19 bits per heavy atom. The molecule has 2 aromatic rings. The SMILES string of the molecule is CCc1cccc2c(CCNC(=O)CNC(=O)[C@@H](N)C(C)C)c[nH]c12.Cl. The number of carbonyl (C=O) groups is 2. The van der Waals surface area contributed by atoms with Crippen LogP contribution >= 0.6 is 12.4 Å². The van der Waals surface area contributed by atoms with E-state index in [4.69, 9.17) is 5.73 Å². The first-order chi connectivity index (χ1) is 11.9. The largest absolute Gasteiger partial charge is 0.361 e. The normalized spacial score (nSPS) is 11.9. The Bertz CT molecular complexity index is 742. The molecule has 0 fully saturated rings. The van der Waals surface area contributed by atoms with Gasteiger partial charge in [0.25, 0.3) is 0 Å². The zero-order valence-corrected chi connectivity index (χ0v) is 16.4. The molecular formula is C19H29ClN4O2. The van der Waals surface area contributed by atoms with Gasteiger partial charge >= 0.3 is 0 Å². The molecule has 7 heteroatoms. The molecule has 0 unspecified atom stereocenters. The van der Waals surface area contributed by atoms with Crippen LogP contribution in [-0.2, 0) is 22.4 Å². The van der Waals surface area contributed by atoms with E-state index in [9.17, 15) is 9.59 Å². The number of aryl methyl sites for hydroxylation is 1. The summed E-state index contributed by atoms with van der Waals surface area (Å²) in [6.07, 6.45) is 3.71. The number of halogens is 1. The molecule has 0 saturated heterocycles. The number of hydrogen-bond acceptors (Lipinski definition) is 3. The van der Waals surface area contributed by atoms with Crippen LogP contribution in [0.4, 0.5) is 0 Å². The second-order valence-corrected chi connectivity index (χ2v) is 6.59. The summed E-state index contributed by atoms with van der Waals surface area (Å²) in [5, 5.41) is 6.60. The minimum Gasteiger partial charge on any atom is -0.361 e. The van der Waals surface area contributed by atoms with E-state index in [-0.39, 0.29) is 36.7 Å². The third-order valence-electron chi connectivity index (χ3n) is 4.43. The average molecular weight is 381 g/mol. The summed E-state index contributed by atoms with van der Waals surface area (Å²) in [4.78, 5) is 26.9. The molecule has 0 saturated carbocycles. The lowest BCUT2D eigenvalue weighted by atomic mass is 10.1. The molecule has 0 aliphatic carbocycles. The molecule has 5 N–H and O–H groups in total. The second-order valence-electron chi connectivity index (χ2n) is 6.59. The van der Waals surface area contributed by atoms with Gasteiger partial charge in [-0.2, -0.15) is 0 Å². The van der Waals surface area contributed by atoms with E-state index in [0.717, 1.165) is 12.8 Å². The minimum absolute atomic E-state index is 0. The van der Waals surface area contributed by atoms with Crippen LogP contribution in [0.5, 0.6) is 0 Å². The first kappa shape index (κ1) is 22.0. The van der Waals surface area contributed by atoms with Gasteiger partial charge in [0, 0.05) is 23.6 Å². The highest BCUT2D eigenvalue weighted by Crippen LogP contribution is 2.22. The maximum atomic E-state index is 11.9. The second kappa shape index (κ2) is 10.2. The maximum absolute atomic E-state index is 11.9. The number of para-hydroxylation sites is 1. The number of aromatic amines is 1. The number of benzene rings is 1. The number of amides is 2. The van der Waals surface area contributed by atoms with E-state index >= 15 is 0 Å². The highest BCUT2D eigenvalue weighted by molar-refractivity contribution is 5.88. The quantitative estimate of drug-likeness (QED) is 0.562. The number of hydrogen-bond donors (Lipinski definition) is 4. The zero-order chi connectivity index (χ0) is 18.4. The fourth-order valence-electron chi connectivity index (χ4n) is 2.76. The Labute approximate surface area is 160 Å². The van der Waals surface area contributed by atoms with E-state index < -0.39 is 6.04 Å². The fourth-order valence-corrected chi connectivity index (χ4v) is 2.76. The molecule has 1 atom stereocenters. The highest BCUT2D eigenvalue weighted by atomic mass is 35.5. The van der Waals surface area contributed by atoms with Crippen molar-refractivity contribution in [1.29, 1.82) is 0 Å². The van der Waals surface area contributed by atoms with Gasteiger partial charge in [-0.3, -0.25) is 9.59 Å². The standard InChI is InChI=1S/C19H28N4O2.ClH/c1-4-13-6-5-7-15-14(10-22-18(13)15)8-9-21-16(24)11-23-19(25)17(20)12(2)3;/h5-7,10,12,17,22H,4,8-9,11,20H2,1-3H3,(H,21,24)(H,23,25);1H/t17-;/m0./s1. The molecule has 0 spiro atoms. The zero-order valence-electron chi connectivity index (χ0n) is 15.6. The average Bonchev–Trinajstić information content (AvgIpc) is 3.02. The topological polar surface area (TPSA) is 100 Å². The Morgan fingerprint density at radius 3 is 2.58 bits per heavy atom. The van der Waals surface area contributed by atoms with Crippen LogP contribution in [0.15, 0.2) is 24.4 Å². The van der Waals surface area contributed by atoms with E-state index in [1.807, 2.05) is 20.0 Å². The van der Waals surface area contributed by atoms with Gasteiger partial charge in [-0.05, 0) is 29.9 Å². The lowest BCUT2D eigenvalue weighted by Gasteiger charge is -2.15. The molecule has 0 radical (unpaired) electrons. The van der Waals surface area contributed by atoms with Gasteiger partial charge < -0.3 is 21.4 Å². The summed E-state index contributed by atoms with van der Waals surface area (Å²) in [5.41, 5.74) is 9.37. The van der Waals surface area contributed by atoms with Gasteiger partial charge in [-0.25, -0.2) is 0 Å². The minimum atomic E-state index is -0.591. The number of carbonyl (C=O) groups excluding carboxylic acids is 2. The van der Waals surface area contributed by atoms with Crippen molar-refractivity contribution >= 4 is 35.1 Å². The first-order valence-electron chi connectivity index (χ1n) is 8.81. The van der Waals surface area contributed by atoms with Crippen molar-refractivity contribution in [1.82, 2.24) is 15.6 Å². The van der Waals surface area contributed by atoms with Crippen molar-refractivity contribution in [3.05, 3.63) is 35.5 Å². The van der Waals surface area contributed by atoms with Gasteiger partial charge in [0.1, 0.15) is 0 Å². The van der Waals surface area contributed by atoms with Gasteiger partial charge in [-0.15, -0.1) is 12.4 Å². The van der Waals surface area contributed by atoms with Crippen LogP contribution < -0.4 is 16.4 Å². The number of fused-ring (bicyclic) bond motifs is 1. The van der Waals surface area contributed by atoms with E-state index in [1.165, 1.54) is 22.0 Å². The Kier molecular flexibility index (Phi) is 8.61. The summed E-state index contributed by atoms with van der Waals surface area (Å²) in [6, 6.07) is 5.68. The summed E-state index contributed by atoms with van der Waals surface area (Å²) >= 11 is 0. The van der Waals surface area contributed by atoms with Crippen molar-refractivity contribution < 1.29 is 9.59 Å². The molecule has 144 valence electrons. The molecule has 6 nitrogen and oxygen atoms in total. The van der Waals surface area contributed by atoms with Crippen LogP contribution in [0, 0.1) is 5.92 Å². The van der Waals surface area contributed by atoms with Crippen LogP contribution in [0.2, 0.25) is 0 Å². The molecule has 1 aromatic heterocycles. The predicted octanol–water partition coefficient (Wildman–Crippen LogP) is 1.91. The van der Waals surface area contributed by atoms with Gasteiger partial charge in [-0.1, -0.05) is 39.0 Å². The monoisotopic (exact) mass is 380 g/mol. The van der Waals surface area contributed by atoms with Crippen LogP contribution in [-0.4, -0.2) is 35.9 Å². The Balaban J connectivity index is 0.00000338. The van der Waals surface area contributed by atoms with Crippen molar-refractivity contribution in [2.24, 2.45) is 11.7 Å². The fraction of sp³-hybridized carbons (Fsp3) is 0.474. The number of H-pyrrole nitrogens is 1. The van der Waals surface area contributed by atoms with Crippen molar-refractivity contribution in [3.63, 3.8) is 0 Å². The van der Waals surface area contributed by atoms with Crippen LogP contribution in [0.25, 0.3) is 10.9 Å². The third kappa shape index (κ3) is 5.47. The van der Waals surface area contributed by atoms with E-state index in [2.05, 4.69) is 40.7 Å². The van der Waals surface area contributed by atoms with Crippen molar-refractivity contribution in [3.8, 4) is 0 Å². The van der Waals surface area contributed by atoms with Crippen molar-refractivity contribution in [2.45, 2.75) is 39.7 Å². The highest BCUT2D eigenvalue weighted by Gasteiger charge is 2.17. The lowest BCUT2D eigenvalue weighted by molar-refractivity contribution is -0.127. The predicted molar refractivity (Wildman–Crippen MR) is 107 cm³/mol. The van der Waals surface area contributed by atoms with Gasteiger partial charge in [0.05, 0.1) is 12.6 Å². The van der Waals surface area contributed by atoms with Crippen LogP contribution in [0.1, 0.15) is 31.9 Å². The Hall–Kier alpha value is -2.05. The summed E-state index contributed by atoms with van der Waals surface area (Å²) in [5.74, 6) is -0.467. The smallest absolute Gasteiger partial charge is 0.239 e. The van der Waals surface area contributed by atoms with Gasteiger partial charge in [0.2, 0.25) is 11.8 Å². The Morgan fingerprint density at radius 2 is 1.92 bits per heavy atom. The maximum Gasteiger partial charge on any atom is 0.239 e. The number of nitrogens with two attached hydrogens (primary N) is 1. The van der Waals surface area contributed by atoms with E-state index in [1.54, 1.807) is 0 Å². The molecule has 2 amide bonds. The molecule has 26 heavy (non-hydrogen) atoms. The molecule has 1 aromatic carbocycles. The summed E-state index contributed by atoms with van der Waals surface area (Å²) in [7, 11) is 0. The third-order valence-corrected chi connectivity index (χ3v) is 4.43. The lowest BCUT2D eigenvalue weighted by Crippen LogP contribution is -2.47. The molecule has 2 rings (SSSR count). The van der Waals surface area contributed by atoms with Crippen molar-refractivity contribution in [2.75, 3.05) is 13.1 Å². The van der Waals surface area contributed by atoms with Gasteiger partial charge in [0.15, 0.2) is 0 Å². The summed E-state index contributed by atoms with van der Waals surface area (Å²) in [6.45, 7) is 6.35. The molecular weight excluding hydrogens is 352 g/mol. The summed E-state index contributed by atoms with van der Waals surface area (Å²) < 4.78 is 0.